The van der Waals surface area contributed by atoms with Gasteiger partial charge < -0.3 is 9.88 Å². The molecule has 0 aliphatic rings. The lowest BCUT2D eigenvalue weighted by Gasteiger charge is -2.26. The van der Waals surface area contributed by atoms with E-state index in [9.17, 15) is 4.39 Å². The molecule has 1 aromatic heterocycles. The number of hydrogen-bond donors (Lipinski definition) is 1. The van der Waals surface area contributed by atoms with Crippen molar-refractivity contribution in [3.8, 4) is 0 Å². The van der Waals surface area contributed by atoms with Crippen molar-refractivity contribution in [3.63, 3.8) is 0 Å². The molecule has 0 spiro atoms. The second kappa shape index (κ2) is 4.35. The molecule has 0 unspecified atom stereocenters. The average molecular weight is 249 g/mol. The van der Waals surface area contributed by atoms with E-state index in [1.165, 1.54) is 12.1 Å². The van der Waals surface area contributed by atoms with E-state index in [-0.39, 0.29) is 17.4 Å². The Hall–Kier alpha value is -1.42. The number of imidazole rings is 1. The van der Waals surface area contributed by atoms with E-state index in [0.29, 0.717) is 5.52 Å². The van der Waals surface area contributed by atoms with Crippen LogP contribution in [0.2, 0.25) is 0 Å². The Bertz CT molecular complexity index is 570. The molecule has 0 atom stereocenters. The predicted octanol–water partition coefficient (Wildman–Crippen LogP) is 3.21. The average Bonchev–Trinajstić information content (AvgIpc) is 2.68. The highest BCUT2D eigenvalue weighted by Crippen LogP contribution is 2.28. The summed E-state index contributed by atoms with van der Waals surface area (Å²) in [5.41, 5.74) is 1.44. The molecule has 3 nitrogen and oxygen atoms in total. The third-order valence-electron chi connectivity index (χ3n) is 3.35. The maximum absolute atomic E-state index is 13.3. The summed E-state index contributed by atoms with van der Waals surface area (Å²) >= 11 is 0. The van der Waals surface area contributed by atoms with Crippen LogP contribution < -0.4 is 5.32 Å². The number of benzene rings is 1. The summed E-state index contributed by atoms with van der Waals surface area (Å²) in [6.07, 6.45) is 0. The molecule has 1 heterocycles. The molecular weight excluding hydrogens is 229 g/mol. The molecule has 18 heavy (non-hydrogen) atoms. The monoisotopic (exact) mass is 249 g/mol. The van der Waals surface area contributed by atoms with Crippen LogP contribution in [0.3, 0.4) is 0 Å². The number of nitrogens with one attached hydrogen (secondary N) is 1. The van der Waals surface area contributed by atoms with Gasteiger partial charge in [-0.3, -0.25) is 0 Å². The summed E-state index contributed by atoms with van der Waals surface area (Å²) in [7, 11) is 1.91. The predicted molar refractivity (Wildman–Crippen MR) is 72.2 cm³/mol. The Morgan fingerprint density at radius 3 is 2.56 bits per heavy atom. The van der Waals surface area contributed by atoms with E-state index in [2.05, 4.69) is 42.6 Å². The van der Waals surface area contributed by atoms with Crippen molar-refractivity contribution in [1.29, 1.82) is 0 Å². The SMILES string of the molecule is CNC(C)(C)c1nc2cc(F)ccc2n1C(C)C. The number of rotatable bonds is 3. The van der Waals surface area contributed by atoms with Gasteiger partial charge in [-0.15, -0.1) is 0 Å². The van der Waals surface area contributed by atoms with Gasteiger partial charge in [0.2, 0.25) is 0 Å². The lowest BCUT2D eigenvalue weighted by molar-refractivity contribution is 0.387. The van der Waals surface area contributed by atoms with Crippen LogP contribution >= 0.6 is 0 Å². The van der Waals surface area contributed by atoms with Crippen molar-refractivity contribution in [2.45, 2.75) is 39.3 Å². The van der Waals surface area contributed by atoms with Crippen molar-refractivity contribution in [3.05, 3.63) is 29.8 Å². The summed E-state index contributed by atoms with van der Waals surface area (Å²) < 4.78 is 15.5. The quantitative estimate of drug-likeness (QED) is 0.905. The van der Waals surface area contributed by atoms with Crippen LogP contribution in [0.15, 0.2) is 18.2 Å². The van der Waals surface area contributed by atoms with Gasteiger partial charge in [-0.05, 0) is 46.9 Å². The van der Waals surface area contributed by atoms with Crippen molar-refractivity contribution in [1.82, 2.24) is 14.9 Å². The van der Waals surface area contributed by atoms with Crippen LogP contribution in [0.25, 0.3) is 11.0 Å². The van der Waals surface area contributed by atoms with E-state index >= 15 is 0 Å². The zero-order valence-electron chi connectivity index (χ0n) is 11.6. The fraction of sp³-hybridized carbons (Fsp3) is 0.500. The van der Waals surface area contributed by atoms with Gasteiger partial charge in [-0.1, -0.05) is 0 Å². The van der Waals surface area contributed by atoms with Crippen LogP contribution in [0.4, 0.5) is 4.39 Å². The van der Waals surface area contributed by atoms with E-state index < -0.39 is 0 Å². The van der Waals surface area contributed by atoms with Gasteiger partial charge in [-0.25, -0.2) is 9.37 Å². The first-order valence-corrected chi connectivity index (χ1v) is 6.23. The van der Waals surface area contributed by atoms with Crippen molar-refractivity contribution in [2.24, 2.45) is 0 Å². The van der Waals surface area contributed by atoms with E-state index in [0.717, 1.165) is 11.3 Å². The van der Waals surface area contributed by atoms with Gasteiger partial charge in [0.1, 0.15) is 11.6 Å². The smallest absolute Gasteiger partial charge is 0.129 e. The normalized spacial score (nSPS) is 12.6. The molecule has 0 bridgehead atoms. The Balaban J connectivity index is 2.77. The number of fused-ring (bicyclic) bond motifs is 1. The molecule has 0 radical (unpaired) electrons. The number of nitrogens with zero attached hydrogens (tertiary/aromatic N) is 2. The van der Waals surface area contributed by atoms with Gasteiger partial charge in [-0.2, -0.15) is 0 Å². The molecule has 0 aliphatic carbocycles. The summed E-state index contributed by atoms with van der Waals surface area (Å²) in [4.78, 5) is 4.60. The highest BCUT2D eigenvalue weighted by molar-refractivity contribution is 5.76. The Labute approximate surface area is 107 Å². The molecule has 98 valence electrons. The minimum absolute atomic E-state index is 0.246. The number of hydrogen-bond acceptors (Lipinski definition) is 2. The molecule has 2 rings (SSSR count). The topological polar surface area (TPSA) is 29.9 Å². The van der Waals surface area contributed by atoms with Gasteiger partial charge in [0.15, 0.2) is 0 Å². The molecular formula is C14H20FN3. The Kier molecular flexibility index (Phi) is 3.15. The second-order valence-electron chi connectivity index (χ2n) is 5.41. The van der Waals surface area contributed by atoms with Crippen LogP contribution in [0.1, 0.15) is 39.6 Å². The van der Waals surface area contributed by atoms with E-state index in [1.54, 1.807) is 6.07 Å². The highest BCUT2D eigenvalue weighted by atomic mass is 19.1. The molecule has 0 aliphatic heterocycles. The molecule has 4 heteroatoms. The second-order valence-corrected chi connectivity index (χ2v) is 5.41. The Morgan fingerprint density at radius 1 is 1.33 bits per heavy atom. The maximum atomic E-state index is 13.3. The standard InChI is InChI=1S/C14H20FN3/c1-9(2)18-12-7-6-10(15)8-11(12)17-13(18)14(3,4)16-5/h6-9,16H,1-5H3. The van der Waals surface area contributed by atoms with Crippen LogP contribution in [-0.2, 0) is 5.54 Å². The highest BCUT2D eigenvalue weighted by Gasteiger charge is 2.26. The van der Waals surface area contributed by atoms with Gasteiger partial charge >= 0.3 is 0 Å². The lowest BCUT2D eigenvalue weighted by Crippen LogP contribution is -2.36. The first-order valence-electron chi connectivity index (χ1n) is 6.23. The molecule has 1 N–H and O–H groups in total. The molecule has 0 saturated heterocycles. The third-order valence-corrected chi connectivity index (χ3v) is 3.35. The number of aromatic nitrogens is 2. The van der Waals surface area contributed by atoms with Crippen LogP contribution in [0, 0.1) is 5.82 Å². The van der Waals surface area contributed by atoms with E-state index in [4.69, 9.17) is 0 Å². The zero-order valence-corrected chi connectivity index (χ0v) is 11.6. The van der Waals surface area contributed by atoms with Crippen molar-refractivity contribution < 1.29 is 4.39 Å². The molecule has 1 aromatic carbocycles. The maximum Gasteiger partial charge on any atom is 0.129 e. The summed E-state index contributed by atoms with van der Waals surface area (Å²) in [6.45, 7) is 8.37. The third kappa shape index (κ3) is 2.01. The molecule has 0 fully saturated rings. The fourth-order valence-electron chi connectivity index (χ4n) is 2.15. The van der Waals surface area contributed by atoms with Crippen molar-refractivity contribution >= 4 is 11.0 Å². The Morgan fingerprint density at radius 2 is 2.00 bits per heavy atom. The summed E-state index contributed by atoms with van der Waals surface area (Å²) in [5, 5.41) is 3.25. The summed E-state index contributed by atoms with van der Waals surface area (Å²) in [6, 6.07) is 5.05. The van der Waals surface area contributed by atoms with Crippen molar-refractivity contribution in [2.75, 3.05) is 7.05 Å². The summed E-state index contributed by atoms with van der Waals surface area (Å²) in [5.74, 6) is 0.685. The van der Waals surface area contributed by atoms with Gasteiger partial charge in [0.25, 0.3) is 0 Å². The lowest BCUT2D eigenvalue weighted by atomic mass is 10.0. The van der Waals surface area contributed by atoms with Gasteiger partial charge in [0.05, 0.1) is 16.6 Å². The van der Waals surface area contributed by atoms with E-state index in [1.807, 2.05) is 7.05 Å². The largest absolute Gasteiger partial charge is 0.324 e. The minimum Gasteiger partial charge on any atom is -0.324 e. The fourth-order valence-corrected chi connectivity index (χ4v) is 2.15. The number of halogens is 1. The first kappa shape index (κ1) is 13.0. The van der Waals surface area contributed by atoms with Crippen LogP contribution in [0.5, 0.6) is 0 Å². The minimum atomic E-state index is -0.250. The molecule has 2 aromatic rings. The molecule has 0 saturated carbocycles. The van der Waals surface area contributed by atoms with Gasteiger partial charge in [0, 0.05) is 12.1 Å². The van der Waals surface area contributed by atoms with Crippen LogP contribution in [-0.4, -0.2) is 16.6 Å². The first-order chi connectivity index (χ1) is 8.36. The molecule has 0 amide bonds. The zero-order chi connectivity index (χ0) is 13.5.